The third-order valence-corrected chi connectivity index (χ3v) is 3.21. The molecule has 116 valence electrons. The minimum absolute atomic E-state index is 0.00108. The second-order valence-corrected chi connectivity index (χ2v) is 5.19. The van der Waals surface area contributed by atoms with Crippen LogP contribution in [0.4, 0.5) is 0 Å². The highest BCUT2D eigenvalue weighted by Gasteiger charge is 2.19. The van der Waals surface area contributed by atoms with Gasteiger partial charge < -0.3 is 14.2 Å². The summed E-state index contributed by atoms with van der Waals surface area (Å²) in [6, 6.07) is 6.84. The van der Waals surface area contributed by atoms with Crippen LogP contribution in [0, 0.1) is 0 Å². The molecule has 1 amide bonds. The Morgan fingerprint density at radius 3 is 2.59 bits per heavy atom. The Labute approximate surface area is 132 Å². The quantitative estimate of drug-likeness (QED) is 0.791. The van der Waals surface area contributed by atoms with E-state index in [0.717, 1.165) is 0 Å². The number of halogens is 1. The minimum atomic E-state index is -0.585. The number of carbonyl (C=O) groups is 2. The van der Waals surface area contributed by atoms with Gasteiger partial charge in [0.2, 0.25) is 5.91 Å². The minimum Gasteiger partial charge on any atom is -0.461 e. The largest absolute Gasteiger partial charge is 0.461 e. The zero-order valence-corrected chi connectivity index (χ0v) is 13.0. The van der Waals surface area contributed by atoms with Crippen molar-refractivity contribution in [3.63, 3.8) is 0 Å². The van der Waals surface area contributed by atoms with Gasteiger partial charge in [-0.15, -0.1) is 0 Å². The Bertz CT molecular complexity index is 664. The van der Waals surface area contributed by atoms with E-state index < -0.39 is 5.97 Å². The summed E-state index contributed by atoms with van der Waals surface area (Å²) < 4.78 is 9.94. The predicted octanol–water partition coefficient (Wildman–Crippen LogP) is 2.63. The van der Waals surface area contributed by atoms with E-state index in [0.29, 0.717) is 16.3 Å². The fraction of sp³-hybridized carbons (Fsp3) is 0.267. The summed E-state index contributed by atoms with van der Waals surface area (Å²) in [6.45, 7) is 0.00108. The van der Waals surface area contributed by atoms with Gasteiger partial charge in [-0.1, -0.05) is 28.9 Å². The van der Waals surface area contributed by atoms with Gasteiger partial charge in [-0.25, -0.2) is 4.79 Å². The molecule has 2 rings (SSSR count). The lowest BCUT2D eigenvalue weighted by Crippen LogP contribution is -2.23. The summed E-state index contributed by atoms with van der Waals surface area (Å²) in [4.78, 5) is 24.9. The standard InChI is InChI=1S/C15H15ClN2O4/c1-18(2)13(19)7-8-21-15(20)12-9-22-17-14(12)10-3-5-11(16)6-4-10/h3-6,9H,7-8H2,1-2H3. The maximum Gasteiger partial charge on any atom is 0.343 e. The predicted molar refractivity (Wildman–Crippen MR) is 80.5 cm³/mol. The fourth-order valence-electron chi connectivity index (χ4n) is 1.73. The van der Waals surface area contributed by atoms with E-state index in [1.54, 1.807) is 38.4 Å². The number of carbonyl (C=O) groups excluding carboxylic acids is 2. The summed E-state index contributed by atoms with van der Waals surface area (Å²) in [5.41, 5.74) is 1.27. The summed E-state index contributed by atoms with van der Waals surface area (Å²) in [7, 11) is 3.28. The Morgan fingerprint density at radius 1 is 1.27 bits per heavy atom. The number of hydrogen-bond donors (Lipinski definition) is 0. The third-order valence-electron chi connectivity index (χ3n) is 2.96. The van der Waals surface area contributed by atoms with E-state index in [-0.39, 0.29) is 24.5 Å². The number of ether oxygens (including phenoxy) is 1. The topological polar surface area (TPSA) is 72.6 Å². The van der Waals surface area contributed by atoms with Crippen molar-refractivity contribution in [2.75, 3.05) is 20.7 Å². The van der Waals surface area contributed by atoms with Crippen LogP contribution in [0.3, 0.4) is 0 Å². The van der Waals surface area contributed by atoms with Gasteiger partial charge in [0.1, 0.15) is 24.1 Å². The average Bonchev–Trinajstić information content (AvgIpc) is 2.97. The molecule has 6 nitrogen and oxygen atoms in total. The molecule has 0 saturated carbocycles. The zero-order chi connectivity index (χ0) is 16.1. The SMILES string of the molecule is CN(C)C(=O)CCOC(=O)c1conc1-c1ccc(Cl)cc1. The van der Waals surface area contributed by atoms with Crippen molar-refractivity contribution >= 4 is 23.5 Å². The normalized spacial score (nSPS) is 10.3. The van der Waals surface area contributed by atoms with Crippen LogP contribution in [0.2, 0.25) is 5.02 Å². The molecular formula is C15H15ClN2O4. The van der Waals surface area contributed by atoms with Crippen molar-refractivity contribution in [2.45, 2.75) is 6.42 Å². The van der Waals surface area contributed by atoms with Gasteiger partial charge in [0.25, 0.3) is 0 Å². The summed E-state index contributed by atoms with van der Waals surface area (Å²) in [5, 5.41) is 4.40. The lowest BCUT2D eigenvalue weighted by molar-refractivity contribution is -0.129. The molecule has 2 aromatic rings. The first kappa shape index (κ1) is 16.0. The zero-order valence-electron chi connectivity index (χ0n) is 12.2. The molecule has 0 bridgehead atoms. The first-order valence-corrected chi connectivity index (χ1v) is 6.94. The number of hydrogen-bond acceptors (Lipinski definition) is 5. The van der Waals surface area contributed by atoms with Gasteiger partial charge in [-0.3, -0.25) is 4.79 Å². The molecule has 0 N–H and O–H groups in total. The van der Waals surface area contributed by atoms with E-state index in [2.05, 4.69) is 5.16 Å². The van der Waals surface area contributed by atoms with E-state index >= 15 is 0 Å². The number of nitrogens with zero attached hydrogens (tertiary/aromatic N) is 2. The van der Waals surface area contributed by atoms with Crippen LogP contribution >= 0.6 is 11.6 Å². The van der Waals surface area contributed by atoms with Crippen LogP contribution in [0.1, 0.15) is 16.8 Å². The van der Waals surface area contributed by atoms with Gasteiger partial charge in [-0.05, 0) is 12.1 Å². The molecule has 0 unspecified atom stereocenters. The molecule has 0 aliphatic carbocycles. The Morgan fingerprint density at radius 2 is 1.95 bits per heavy atom. The number of amides is 1. The van der Waals surface area contributed by atoms with Crippen molar-refractivity contribution < 1.29 is 18.8 Å². The van der Waals surface area contributed by atoms with Crippen molar-refractivity contribution in [3.8, 4) is 11.3 Å². The molecule has 1 aromatic heterocycles. The van der Waals surface area contributed by atoms with Crippen LogP contribution < -0.4 is 0 Å². The maximum atomic E-state index is 12.0. The highest BCUT2D eigenvalue weighted by atomic mass is 35.5. The highest BCUT2D eigenvalue weighted by molar-refractivity contribution is 6.30. The Kier molecular flexibility index (Phi) is 5.16. The van der Waals surface area contributed by atoms with E-state index in [4.69, 9.17) is 20.9 Å². The molecule has 0 aliphatic rings. The molecule has 7 heteroatoms. The van der Waals surface area contributed by atoms with Gasteiger partial charge in [0.05, 0.1) is 6.42 Å². The number of esters is 1. The summed E-state index contributed by atoms with van der Waals surface area (Å²) >= 11 is 5.83. The fourth-order valence-corrected chi connectivity index (χ4v) is 1.86. The molecule has 1 aromatic carbocycles. The van der Waals surface area contributed by atoms with Crippen LogP contribution in [0.15, 0.2) is 35.1 Å². The average molecular weight is 323 g/mol. The van der Waals surface area contributed by atoms with Crippen LogP contribution in [-0.4, -0.2) is 42.6 Å². The second-order valence-electron chi connectivity index (χ2n) is 4.76. The first-order valence-electron chi connectivity index (χ1n) is 6.56. The van der Waals surface area contributed by atoms with Crippen LogP contribution in [-0.2, 0) is 9.53 Å². The smallest absolute Gasteiger partial charge is 0.343 e. The highest BCUT2D eigenvalue weighted by Crippen LogP contribution is 2.24. The first-order chi connectivity index (χ1) is 10.5. The molecule has 0 fully saturated rings. The monoisotopic (exact) mass is 322 g/mol. The Balaban J connectivity index is 2.04. The molecule has 22 heavy (non-hydrogen) atoms. The summed E-state index contributed by atoms with van der Waals surface area (Å²) in [6.07, 6.45) is 1.35. The van der Waals surface area contributed by atoms with Gasteiger partial charge >= 0.3 is 5.97 Å². The lowest BCUT2D eigenvalue weighted by atomic mass is 10.1. The van der Waals surface area contributed by atoms with Crippen LogP contribution in [0.5, 0.6) is 0 Å². The van der Waals surface area contributed by atoms with Crippen molar-refractivity contribution in [3.05, 3.63) is 41.1 Å². The van der Waals surface area contributed by atoms with E-state index in [1.807, 2.05) is 0 Å². The number of aromatic nitrogens is 1. The third kappa shape index (κ3) is 3.85. The maximum absolute atomic E-state index is 12.0. The molecular weight excluding hydrogens is 308 g/mol. The molecule has 0 spiro atoms. The molecule has 0 saturated heterocycles. The van der Waals surface area contributed by atoms with E-state index in [1.165, 1.54) is 11.2 Å². The van der Waals surface area contributed by atoms with Crippen molar-refractivity contribution in [2.24, 2.45) is 0 Å². The molecule has 1 heterocycles. The number of rotatable bonds is 5. The molecule has 0 atom stereocenters. The Hall–Kier alpha value is -2.34. The van der Waals surface area contributed by atoms with Gasteiger partial charge in [0, 0.05) is 24.7 Å². The van der Waals surface area contributed by atoms with Gasteiger partial charge in [-0.2, -0.15) is 0 Å². The van der Waals surface area contributed by atoms with Crippen LogP contribution in [0.25, 0.3) is 11.3 Å². The second kappa shape index (κ2) is 7.09. The van der Waals surface area contributed by atoms with Crippen molar-refractivity contribution in [1.29, 1.82) is 0 Å². The molecule has 0 radical (unpaired) electrons. The molecule has 0 aliphatic heterocycles. The van der Waals surface area contributed by atoms with E-state index in [9.17, 15) is 9.59 Å². The lowest BCUT2D eigenvalue weighted by Gasteiger charge is -2.10. The summed E-state index contributed by atoms with van der Waals surface area (Å²) in [5.74, 6) is -0.700. The van der Waals surface area contributed by atoms with Crippen molar-refractivity contribution in [1.82, 2.24) is 10.1 Å². The van der Waals surface area contributed by atoms with Gasteiger partial charge in [0.15, 0.2) is 0 Å². The number of benzene rings is 1.